The molecule has 4 heteroatoms. The fraction of sp³-hybridized carbons (Fsp3) is 0.562. The molecule has 1 aliphatic heterocycles. The Hall–Kier alpha value is -0.540. The first-order valence-electron chi connectivity index (χ1n) is 7.43. The van der Waals surface area contributed by atoms with Crippen LogP contribution in [0.4, 0.5) is 0 Å². The molecule has 1 aromatic carbocycles. The van der Waals surface area contributed by atoms with Crippen molar-refractivity contribution in [1.29, 1.82) is 0 Å². The fourth-order valence-electron chi connectivity index (χ4n) is 3.69. The van der Waals surface area contributed by atoms with Gasteiger partial charge in [-0.2, -0.15) is 0 Å². The minimum absolute atomic E-state index is 0.135. The Morgan fingerprint density at radius 2 is 1.95 bits per heavy atom. The van der Waals surface area contributed by atoms with Crippen molar-refractivity contribution < 1.29 is 4.79 Å². The molecule has 20 heavy (non-hydrogen) atoms. The maximum absolute atomic E-state index is 12.9. The zero-order chi connectivity index (χ0) is 14.1. The van der Waals surface area contributed by atoms with E-state index in [0.717, 1.165) is 23.9 Å². The Morgan fingerprint density at radius 1 is 1.20 bits per heavy atom. The third-order valence-electron chi connectivity index (χ3n) is 4.66. The summed E-state index contributed by atoms with van der Waals surface area (Å²) in [6.07, 6.45) is 7.43. The molecule has 1 heterocycles. The van der Waals surface area contributed by atoms with Crippen molar-refractivity contribution in [1.82, 2.24) is 4.90 Å². The molecule has 0 aromatic heterocycles. The molecule has 0 radical (unpaired) electrons. The SMILES string of the molecule is O=C(c1cc(Cl)ccc1Br)N1CCC[C@H]2CCCC[C@H]21. The highest BCUT2D eigenvalue weighted by molar-refractivity contribution is 9.10. The van der Waals surface area contributed by atoms with Gasteiger partial charge in [-0.3, -0.25) is 4.79 Å². The van der Waals surface area contributed by atoms with Crippen LogP contribution in [0.25, 0.3) is 0 Å². The maximum Gasteiger partial charge on any atom is 0.255 e. The lowest BCUT2D eigenvalue weighted by Crippen LogP contribution is -2.49. The number of hydrogen-bond acceptors (Lipinski definition) is 1. The summed E-state index contributed by atoms with van der Waals surface area (Å²) < 4.78 is 0.838. The van der Waals surface area contributed by atoms with E-state index in [2.05, 4.69) is 20.8 Å². The van der Waals surface area contributed by atoms with E-state index in [-0.39, 0.29) is 5.91 Å². The third-order valence-corrected chi connectivity index (χ3v) is 5.59. The third kappa shape index (κ3) is 2.75. The van der Waals surface area contributed by atoms with Crippen molar-refractivity contribution in [2.24, 2.45) is 5.92 Å². The zero-order valence-electron chi connectivity index (χ0n) is 11.4. The van der Waals surface area contributed by atoms with Crippen LogP contribution in [0.15, 0.2) is 22.7 Å². The molecule has 0 spiro atoms. The van der Waals surface area contributed by atoms with E-state index >= 15 is 0 Å². The molecule has 1 saturated carbocycles. The standard InChI is InChI=1S/C16H19BrClNO/c17-14-8-7-12(18)10-13(14)16(20)19-9-3-5-11-4-1-2-6-15(11)19/h7-8,10-11,15H,1-6,9H2/t11-,15-/m1/s1. The number of amides is 1. The molecule has 0 bridgehead atoms. The van der Waals surface area contributed by atoms with Crippen LogP contribution in [0.3, 0.4) is 0 Å². The molecule has 108 valence electrons. The second-order valence-corrected chi connectivity index (χ2v) is 7.17. The van der Waals surface area contributed by atoms with Gasteiger partial charge in [-0.15, -0.1) is 0 Å². The predicted octanol–water partition coefficient (Wildman–Crippen LogP) is 4.90. The van der Waals surface area contributed by atoms with Crippen LogP contribution in [-0.4, -0.2) is 23.4 Å². The van der Waals surface area contributed by atoms with Gasteiger partial charge < -0.3 is 4.90 Å². The van der Waals surface area contributed by atoms with Crippen LogP contribution in [0, 0.1) is 5.92 Å². The Balaban J connectivity index is 1.87. The largest absolute Gasteiger partial charge is 0.335 e. The van der Waals surface area contributed by atoms with Crippen LogP contribution >= 0.6 is 27.5 Å². The number of benzene rings is 1. The summed E-state index contributed by atoms with van der Waals surface area (Å²) in [5.41, 5.74) is 0.698. The average Bonchev–Trinajstić information content (AvgIpc) is 2.48. The highest BCUT2D eigenvalue weighted by Gasteiger charge is 2.36. The minimum Gasteiger partial charge on any atom is -0.335 e. The smallest absolute Gasteiger partial charge is 0.255 e. The quantitative estimate of drug-likeness (QED) is 0.701. The number of fused-ring (bicyclic) bond motifs is 1. The van der Waals surface area contributed by atoms with E-state index < -0.39 is 0 Å². The summed E-state index contributed by atoms with van der Waals surface area (Å²) >= 11 is 9.53. The van der Waals surface area contributed by atoms with E-state index in [1.165, 1.54) is 25.7 Å². The van der Waals surface area contributed by atoms with Crippen molar-refractivity contribution in [2.75, 3.05) is 6.54 Å². The first-order valence-corrected chi connectivity index (χ1v) is 8.60. The van der Waals surface area contributed by atoms with Gasteiger partial charge in [0.15, 0.2) is 0 Å². The van der Waals surface area contributed by atoms with E-state index in [0.29, 0.717) is 22.5 Å². The minimum atomic E-state index is 0.135. The van der Waals surface area contributed by atoms with Gasteiger partial charge in [0.2, 0.25) is 0 Å². The summed E-state index contributed by atoms with van der Waals surface area (Å²) in [6.45, 7) is 0.888. The molecule has 1 saturated heterocycles. The number of carbonyl (C=O) groups is 1. The Bertz CT molecular complexity index is 517. The number of carbonyl (C=O) groups excluding carboxylic acids is 1. The molecule has 2 aliphatic rings. The highest BCUT2D eigenvalue weighted by Crippen LogP contribution is 2.36. The number of hydrogen-bond donors (Lipinski definition) is 0. The van der Waals surface area contributed by atoms with Crippen LogP contribution < -0.4 is 0 Å². The van der Waals surface area contributed by atoms with Gasteiger partial charge in [0.1, 0.15) is 0 Å². The number of rotatable bonds is 1. The predicted molar refractivity (Wildman–Crippen MR) is 85.2 cm³/mol. The summed E-state index contributed by atoms with van der Waals surface area (Å²) in [7, 11) is 0. The first kappa shape index (κ1) is 14.4. The van der Waals surface area contributed by atoms with E-state index in [4.69, 9.17) is 11.6 Å². The monoisotopic (exact) mass is 355 g/mol. The average molecular weight is 357 g/mol. The lowest BCUT2D eigenvalue weighted by Gasteiger charge is -2.44. The van der Waals surface area contributed by atoms with Crippen molar-refractivity contribution in [3.8, 4) is 0 Å². The van der Waals surface area contributed by atoms with Gasteiger partial charge in [-0.1, -0.05) is 24.4 Å². The highest BCUT2D eigenvalue weighted by atomic mass is 79.9. The van der Waals surface area contributed by atoms with E-state index in [1.807, 2.05) is 12.1 Å². The lowest BCUT2D eigenvalue weighted by atomic mass is 9.78. The molecule has 1 amide bonds. The van der Waals surface area contributed by atoms with Crippen molar-refractivity contribution in [3.63, 3.8) is 0 Å². The molecule has 3 rings (SSSR count). The van der Waals surface area contributed by atoms with E-state index in [1.54, 1.807) is 6.07 Å². The van der Waals surface area contributed by atoms with Gasteiger partial charge in [-0.25, -0.2) is 0 Å². The normalized spacial score (nSPS) is 26.2. The van der Waals surface area contributed by atoms with Crippen LogP contribution in [0.1, 0.15) is 48.9 Å². The second kappa shape index (κ2) is 6.07. The number of nitrogens with zero attached hydrogens (tertiary/aromatic N) is 1. The van der Waals surface area contributed by atoms with Crippen LogP contribution in [0.5, 0.6) is 0 Å². The maximum atomic E-state index is 12.9. The number of halogens is 2. The van der Waals surface area contributed by atoms with E-state index in [9.17, 15) is 4.79 Å². The van der Waals surface area contributed by atoms with Gasteiger partial charge in [0.25, 0.3) is 5.91 Å². The molecule has 0 N–H and O–H groups in total. The van der Waals surface area contributed by atoms with Gasteiger partial charge in [0.05, 0.1) is 5.56 Å². The Morgan fingerprint density at radius 3 is 2.80 bits per heavy atom. The summed E-state index contributed by atoms with van der Waals surface area (Å²) in [5.74, 6) is 0.843. The first-order chi connectivity index (χ1) is 9.66. The van der Waals surface area contributed by atoms with Gasteiger partial charge >= 0.3 is 0 Å². The Labute approximate surface area is 133 Å². The van der Waals surface area contributed by atoms with Gasteiger partial charge in [-0.05, 0) is 65.7 Å². The van der Waals surface area contributed by atoms with Crippen LogP contribution in [-0.2, 0) is 0 Å². The molecular formula is C16H19BrClNO. The van der Waals surface area contributed by atoms with Crippen molar-refractivity contribution in [3.05, 3.63) is 33.3 Å². The lowest BCUT2D eigenvalue weighted by molar-refractivity contribution is 0.0390. The number of likely N-dealkylation sites (tertiary alicyclic amines) is 1. The summed E-state index contributed by atoms with van der Waals surface area (Å²) in [5, 5.41) is 0.619. The van der Waals surface area contributed by atoms with Gasteiger partial charge in [0, 0.05) is 22.1 Å². The zero-order valence-corrected chi connectivity index (χ0v) is 13.8. The van der Waals surface area contributed by atoms with Crippen molar-refractivity contribution >= 4 is 33.4 Å². The van der Waals surface area contributed by atoms with Crippen molar-refractivity contribution in [2.45, 2.75) is 44.6 Å². The molecule has 2 nitrogen and oxygen atoms in total. The molecule has 2 atom stereocenters. The molecular weight excluding hydrogens is 338 g/mol. The second-order valence-electron chi connectivity index (χ2n) is 5.88. The molecule has 1 aliphatic carbocycles. The molecule has 0 unspecified atom stereocenters. The summed E-state index contributed by atoms with van der Waals surface area (Å²) in [4.78, 5) is 15.0. The van der Waals surface area contributed by atoms with Crippen LogP contribution in [0.2, 0.25) is 5.02 Å². The fourth-order valence-corrected chi connectivity index (χ4v) is 4.28. The summed E-state index contributed by atoms with van der Waals surface area (Å²) in [6, 6.07) is 5.89. The Kier molecular flexibility index (Phi) is 4.37. The topological polar surface area (TPSA) is 20.3 Å². The number of piperidine rings is 1. The molecule has 2 fully saturated rings. The molecule has 1 aromatic rings.